The van der Waals surface area contributed by atoms with Gasteiger partial charge >= 0.3 is 6.09 Å². The molecule has 0 saturated heterocycles. The number of benzene rings is 2. The van der Waals surface area contributed by atoms with Crippen LogP contribution in [-0.4, -0.2) is 72.8 Å². The van der Waals surface area contributed by atoms with E-state index in [1.165, 1.54) is 64.0 Å². The molecule has 0 radical (unpaired) electrons. The Kier molecular flexibility index (Phi) is 10.5. The number of hydrogen-bond donors (Lipinski definition) is 0. The fourth-order valence-electron chi connectivity index (χ4n) is 5.49. The normalized spacial score (nSPS) is 22.5. The second-order valence-electron chi connectivity index (χ2n) is 14.7. The van der Waals surface area contributed by atoms with Crippen LogP contribution < -0.4 is 0 Å². The first kappa shape index (κ1) is 36.3. The fourth-order valence-corrected chi connectivity index (χ4v) is 7.93. The van der Waals surface area contributed by atoms with Crippen molar-refractivity contribution in [2.24, 2.45) is 10.9 Å². The number of nitrogens with zero attached hydrogens (tertiary/aromatic N) is 4. The lowest BCUT2D eigenvalue weighted by Gasteiger charge is -2.38. The van der Waals surface area contributed by atoms with Crippen LogP contribution in [0.15, 0.2) is 47.5 Å². The summed E-state index contributed by atoms with van der Waals surface area (Å²) in [5.74, 6) is -1.69. The molecule has 252 valence electrons. The largest absolute Gasteiger partial charge is 0.443 e. The van der Waals surface area contributed by atoms with Gasteiger partial charge in [0.1, 0.15) is 28.7 Å². The molecule has 0 aromatic heterocycles. The van der Waals surface area contributed by atoms with Crippen molar-refractivity contribution in [1.82, 2.24) is 9.80 Å². The number of rotatable bonds is 9. The van der Waals surface area contributed by atoms with Crippen LogP contribution in [0.2, 0.25) is 25.7 Å². The van der Waals surface area contributed by atoms with Crippen LogP contribution in [0.25, 0.3) is 11.9 Å². The van der Waals surface area contributed by atoms with Crippen molar-refractivity contribution in [1.29, 1.82) is 5.26 Å². The highest BCUT2D eigenvalue weighted by Gasteiger charge is 2.71. The molecule has 8 nitrogen and oxygen atoms in total. The van der Waals surface area contributed by atoms with Crippen molar-refractivity contribution >= 4 is 48.9 Å². The summed E-state index contributed by atoms with van der Waals surface area (Å²) in [6.45, 7) is 14.0. The highest BCUT2D eigenvalue weighted by atomic mass is 32.2. The van der Waals surface area contributed by atoms with E-state index in [0.717, 1.165) is 6.04 Å². The highest BCUT2D eigenvalue weighted by Crippen LogP contribution is 2.67. The van der Waals surface area contributed by atoms with Crippen molar-refractivity contribution < 1.29 is 27.8 Å². The number of halogens is 2. The van der Waals surface area contributed by atoms with Crippen LogP contribution in [-0.2, 0) is 19.8 Å². The van der Waals surface area contributed by atoms with Crippen LogP contribution >= 0.6 is 11.8 Å². The second-order valence-corrected chi connectivity index (χ2v) is 21.6. The SMILES string of the molecule is CN(C)C(=O)[C@]12C[C@H]1[C@@](C)(c1cc(/C=C(\F)c3ccc(C#N)cc3)ccc1F)N=C(N(COCC[Si](C)(C)C)C(=O)OC(C)(C)C)S2. The lowest BCUT2D eigenvalue weighted by Crippen LogP contribution is -2.48. The van der Waals surface area contributed by atoms with Gasteiger partial charge in [-0.05, 0) is 76.1 Å². The Hall–Kier alpha value is -3.53. The molecule has 12 heteroatoms. The quantitative estimate of drug-likeness (QED) is 0.116. The first-order valence-electron chi connectivity index (χ1n) is 15.6. The molecule has 1 fully saturated rings. The van der Waals surface area contributed by atoms with Gasteiger partial charge < -0.3 is 14.4 Å². The average Bonchev–Trinajstić information content (AvgIpc) is 3.73. The average molecular weight is 683 g/mol. The minimum atomic E-state index is -1.43. The summed E-state index contributed by atoms with van der Waals surface area (Å²) in [7, 11) is 1.90. The van der Waals surface area contributed by atoms with Crippen LogP contribution in [0, 0.1) is 23.1 Å². The summed E-state index contributed by atoms with van der Waals surface area (Å²) in [5, 5.41) is 9.26. The van der Waals surface area contributed by atoms with Crippen molar-refractivity contribution in [2.75, 3.05) is 27.4 Å². The number of nitriles is 1. The zero-order valence-corrected chi connectivity index (χ0v) is 30.4. The van der Waals surface area contributed by atoms with E-state index in [4.69, 9.17) is 19.7 Å². The van der Waals surface area contributed by atoms with Gasteiger partial charge in [-0.1, -0.05) is 49.6 Å². The van der Waals surface area contributed by atoms with Crippen molar-refractivity contribution in [3.63, 3.8) is 0 Å². The Bertz CT molecular complexity index is 1630. The maximum atomic E-state index is 15.8. The fraction of sp³-hybridized carbons (Fsp3) is 0.486. The van der Waals surface area contributed by atoms with E-state index in [1.54, 1.807) is 47.9 Å². The van der Waals surface area contributed by atoms with Gasteiger partial charge in [-0.3, -0.25) is 9.79 Å². The molecule has 1 heterocycles. The molecule has 2 aliphatic rings. The Balaban J connectivity index is 1.80. The Morgan fingerprint density at radius 1 is 1.17 bits per heavy atom. The number of amidine groups is 1. The molecule has 1 aliphatic heterocycles. The number of aliphatic imine (C=N–C) groups is 1. The van der Waals surface area contributed by atoms with Crippen LogP contribution in [0.5, 0.6) is 0 Å². The minimum Gasteiger partial charge on any atom is -0.443 e. The number of carbonyl (C=O) groups is 2. The first-order chi connectivity index (χ1) is 21.8. The van der Waals surface area contributed by atoms with Gasteiger partial charge in [0.25, 0.3) is 0 Å². The summed E-state index contributed by atoms with van der Waals surface area (Å²) < 4.78 is 41.9. The van der Waals surface area contributed by atoms with Crippen LogP contribution in [0.1, 0.15) is 56.4 Å². The third kappa shape index (κ3) is 8.31. The summed E-state index contributed by atoms with van der Waals surface area (Å²) in [4.78, 5) is 35.2. The van der Waals surface area contributed by atoms with E-state index in [-0.39, 0.29) is 28.9 Å². The van der Waals surface area contributed by atoms with Gasteiger partial charge in [-0.25, -0.2) is 18.5 Å². The van der Waals surface area contributed by atoms with Gasteiger partial charge in [-0.15, -0.1) is 0 Å². The lowest BCUT2D eigenvalue weighted by atomic mass is 9.84. The van der Waals surface area contributed by atoms with Gasteiger partial charge in [0.2, 0.25) is 5.91 Å². The number of thioether (sulfide) groups is 1. The first-order valence-corrected chi connectivity index (χ1v) is 20.1. The minimum absolute atomic E-state index is 0.154. The number of hydrogen-bond acceptors (Lipinski definition) is 7. The van der Waals surface area contributed by atoms with Gasteiger partial charge in [0.05, 0.1) is 17.2 Å². The third-order valence-electron chi connectivity index (χ3n) is 8.14. The maximum Gasteiger partial charge on any atom is 0.418 e. The Morgan fingerprint density at radius 2 is 1.83 bits per heavy atom. The molecule has 47 heavy (non-hydrogen) atoms. The van der Waals surface area contributed by atoms with Gasteiger partial charge in [0.15, 0.2) is 5.17 Å². The van der Waals surface area contributed by atoms with Gasteiger partial charge in [-0.2, -0.15) is 5.26 Å². The molecule has 3 atom stereocenters. The maximum absolute atomic E-state index is 15.8. The second kappa shape index (κ2) is 13.5. The van der Waals surface area contributed by atoms with E-state index in [2.05, 4.69) is 19.6 Å². The monoisotopic (exact) mass is 682 g/mol. The van der Waals surface area contributed by atoms with E-state index in [0.29, 0.717) is 24.2 Å². The Morgan fingerprint density at radius 3 is 2.40 bits per heavy atom. The van der Waals surface area contributed by atoms with Crippen molar-refractivity contribution in [2.45, 2.75) is 75.7 Å². The molecule has 2 aromatic rings. The van der Waals surface area contributed by atoms with E-state index >= 15 is 8.78 Å². The summed E-state index contributed by atoms with van der Waals surface area (Å²) >= 11 is 1.18. The van der Waals surface area contributed by atoms with Crippen molar-refractivity contribution in [3.8, 4) is 6.07 Å². The van der Waals surface area contributed by atoms with E-state index < -0.39 is 47.6 Å². The zero-order valence-electron chi connectivity index (χ0n) is 28.6. The van der Waals surface area contributed by atoms with E-state index in [9.17, 15) is 9.59 Å². The molecule has 0 unspecified atom stereocenters. The molecule has 0 N–H and O–H groups in total. The smallest absolute Gasteiger partial charge is 0.418 e. The predicted octanol–water partition coefficient (Wildman–Crippen LogP) is 7.88. The van der Waals surface area contributed by atoms with E-state index in [1.807, 2.05) is 6.07 Å². The number of carbonyl (C=O) groups excluding carboxylic acids is 2. The summed E-state index contributed by atoms with van der Waals surface area (Å²) in [6, 6.07) is 13.2. The topological polar surface area (TPSA) is 95.2 Å². The third-order valence-corrected chi connectivity index (χ3v) is 11.3. The summed E-state index contributed by atoms with van der Waals surface area (Å²) in [5.41, 5.74) is -0.854. The molecule has 4 rings (SSSR count). The highest BCUT2D eigenvalue weighted by molar-refractivity contribution is 8.16. The predicted molar refractivity (Wildman–Crippen MR) is 185 cm³/mol. The molecule has 1 saturated carbocycles. The molecular formula is C35H44F2N4O4SSi. The molecular weight excluding hydrogens is 639 g/mol. The van der Waals surface area contributed by atoms with Crippen LogP contribution in [0.4, 0.5) is 13.6 Å². The molecule has 0 spiro atoms. The van der Waals surface area contributed by atoms with Crippen LogP contribution in [0.3, 0.4) is 0 Å². The zero-order chi connectivity index (χ0) is 34.9. The van der Waals surface area contributed by atoms with Gasteiger partial charge in [0, 0.05) is 45.8 Å². The molecule has 1 aliphatic carbocycles. The Labute approximate surface area is 281 Å². The number of fused-ring (bicyclic) bond motifs is 1. The van der Waals surface area contributed by atoms with Crippen molar-refractivity contribution in [3.05, 3.63) is 70.5 Å². The lowest BCUT2D eigenvalue weighted by molar-refractivity contribution is -0.129. The standard InChI is InChI=1S/C35H44F2N4O4SSi/c1-33(2,3)45-32(43)41(22-44-16-17-47(7,8)9)31-39-34(4,29-20-35(29,46-31)30(42)40(5)6)26-18-24(12-15-27(26)36)19-28(37)25-13-10-23(21-38)11-14-25/h10-15,18-19,29H,16-17,20,22H2,1-9H3/b28-19-/t29-,34+,35-/m0/s1. The molecule has 0 bridgehead atoms. The molecule has 2 aromatic carbocycles. The molecule has 2 amide bonds. The number of amides is 2. The summed E-state index contributed by atoms with van der Waals surface area (Å²) in [6.07, 6.45) is 1.00. The number of ether oxygens (including phenoxy) is 2.